The number of aromatic hydroxyl groups is 2. The van der Waals surface area contributed by atoms with Gasteiger partial charge in [-0.15, -0.1) is 0 Å². The predicted molar refractivity (Wildman–Crippen MR) is 119 cm³/mol. The van der Waals surface area contributed by atoms with Crippen LogP contribution in [0.5, 0.6) is 17.2 Å². The Kier molecular flexibility index (Phi) is 5.06. The lowest BCUT2D eigenvalue weighted by Crippen LogP contribution is -2.39. The van der Waals surface area contributed by atoms with Gasteiger partial charge in [0.25, 0.3) is 0 Å². The number of allylic oxidation sites excluding steroid dienone is 2. The third-order valence-corrected chi connectivity index (χ3v) is 5.67. The molecule has 31 heavy (non-hydrogen) atoms. The fourth-order valence-corrected chi connectivity index (χ4v) is 3.88. The van der Waals surface area contributed by atoms with Crippen molar-refractivity contribution in [3.05, 3.63) is 63.5 Å². The van der Waals surface area contributed by atoms with Crippen molar-refractivity contribution in [3.63, 3.8) is 0 Å². The van der Waals surface area contributed by atoms with E-state index in [1.807, 2.05) is 19.9 Å². The van der Waals surface area contributed by atoms with E-state index in [4.69, 9.17) is 9.15 Å². The number of phenolic OH excluding ortho intramolecular Hbond substituents is 2. The van der Waals surface area contributed by atoms with Crippen LogP contribution in [0.1, 0.15) is 38.8 Å². The SMILES string of the molecule is CC(C)=CCc1c2c(c(O)c3c(=O)c(-c4ccc(O)cc4)coc13)C[C@@H](C(C)(C)O)O2. The largest absolute Gasteiger partial charge is 0.508 e. The molecule has 1 aliphatic rings. The number of benzene rings is 2. The summed E-state index contributed by atoms with van der Waals surface area (Å²) in [4.78, 5) is 13.4. The van der Waals surface area contributed by atoms with Gasteiger partial charge in [-0.2, -0.15) is 0 Å². The van der Waals surface area contributed by atoms with Crippen LogP contribution < -0.4 is 10.2 Å². The number of fused-ring (bicyclic) bond motifs is 2. The molecule has 2 aromatic carbocycles. The van der Waals surface area contributed by atoms with E-state index in [1.165, 1.54) is 18.4 Å². The van der Waals surface area contributed by atoms with Crippen molar-refractivity contribution in [3.8, 4) is 28.4 Å². The average Bonchev–Trinajstić information content (AvgIpc) is 3.15. The van der Waals surface area contributed by atoms with E-state index in [2.05, 4.69) is 0 Å². The highest BCUT2D eigenvalue weighted by Gasteiger charge is 2.39. The van der Waals surface area contributed by atoms with Crippen LogP contribution in [-0.2, 0) is 12.8 Å². The first-order valence-electron chi connectivity index (χ1n) is 10.2. The molecule has 4 rings (SSSR count). The summed E-state index contributed by atoms with van der Waals surface area (Å²) in [6.45, 7) is 7.26. The topological polar surface area (TPSA) is 100 Å². The van der Waals surface area contributed by atoms with Crippen LogP contribution in [0.4, 0.5) is 0 Å². The van der Waals surface area contributed by atoms with E-state index >= 15 is 0 Å². The van der Waals surface area contributed by atoms with E-state index in [0.29, 0.717) is 28.9 Å². The van der Waals surface area contributed by atoms with Gasteiger partial charge in [0, 0.05) is 17.5 Å². The Labute approximate surface area is 180 Å². The molecule has 162 valence electrons. The van der Waals surface area contributed by atoms with Crippen LogP contribution >= 0.6 is 0 Å². The molecule has 0 saturated carbocycles. The summed E-state index contributed by atoms with van der Waals surface area (Å²) in [5, 5.41) is 31.2. The Morgan fingerprint density at radius 1 is 1.19 bits per heavy atom. The second-order valence-corrected chi connectivity index (χ2v) is 8.81. The van der Waals surface area contributed by atoms with Crippen molar-refractivity contribution in [2.75, 3.05) is 0 Å². The van der Waals surface area contributed by atoms with Crippen LogP contribution in [0, 0.1) is 0 Å². The first-order valence-corrected chi connectivity index (χ1v) is 10.2. The van der Waals surface area contributed by atoms with Gasteiger partial charge in [-0.3, -0.25) is 4.79 Å². The molecule has 0 amide bonds. The van der Waals surface area contributed by atoms with Crippen molar-refractivity contribution < 1.29 is 24.5 Å². The van der Waals surface area contributed by atoms with E-state index in [9.17, 15) is 20.1 Å². The van der Waals surface area contributed by atoms with Gasteiger partial charge in [0.05, 0.1) is 11.2 Å². The molecule has 0 saturated heterocycles. The van der Waals surface area contributed by atoms with Gasteiger partial charge < -0.3 is 24.5 Å². The zero-order valence-electron chi connectivity index (χ0n) is 18.0. The molecule has 1 aliphatic heterocycles. The maximum absolute atomic E-state index is 13.4. The molecule has 0 aliphatic carbocycles. The molecule has 1 aromatic heterocycles. The van der Waals surface area contributed by atoms with Gasteiger partial charge >= 0.3 is 0 Å². The number of hydrogen-bond donors (Lipinski definition) is 3. The van der Waals surface area contributed by atoms with Gasteiger partial charge in [-0.05, 0) is 51.8 Å². The minimum Gasteiger partial charge on any atom is -0.508 e. The van der Waals surface area contributed by atoms with Gasteiger partial charge in [-0.25, -0.2) is 0 Å². The smallest absolute Gasteiger partial charge is 0.204 e. The number of hydrogen-bond acceptors (Lipinski definition) is 6. The number of ether oxygens (including phenoxy) is 1. The fourth-order valence-electron chi connectivity index (χ4n) is 3.88. The van der Waals surface area contributed by atoms with Crippen LogP contribution in [0.2, 0.25) is 0 Å². The maximum Gasteiger partial charge on any atom is 0.204 e. The summed E-state index contributed by atoms with van der Waals surface area (Å²) in [5.41, 5.74) is 1.92. The van der Waals surface area contributed by atoms with E-state index in [1.54, 1.807) is 26.0 Å². The summed E-state index contributed by atoms with van der Waals surface area (Å²) < 4.78 is 12.0. The molecule has 2 heterocycles. The normalized spacial score (nSPS) is 15.6. The second kappa shape index (κ2) is 7.46. The highest BCUT2D eigenvalue weighted by molar-refractivity contribution is 5.93. The molecule has 0 unspecified atom stereocenters. The molecule has 1 atom stereocenters. The molecule has 0 bridgehead atoms. The lowest BCUT2D eigenvalue weighted by Gasteiger charge is -2.24. The molecule has 0 spiro atoms. The molecule has 3 N–H and O–H groups in total. The summed E-state index contributed by atoms with van der Waals surface area (Å²) >= 11 is 0. The van der Waals surface area contributed by atoms with E-state index in [-0.39, 0.29) is 39.9 Å². The zero-order chi connectivity index (χ0) is 22.5. The van der Waals surface area contributed by atoms with Crippen LogP contribution in [0.25, 0.3) is 22.1 Å². The Bertz CT molecular complexity index is 1240. The highest BCUT2D eigenvalue weighted by atomic mass is 16.5. The van der Waals surface area contributed by atoms with Crippen molar-refractivity contribution >= 4 is 11.0 Å². The molecular formula is C25H26O6. The number of rotatable bonds is 4. The lowest BCUT2D eigenvalue weighted by atomic mass is 9.93. The number of phenols is 2. The monoisotopic (exact) mass is 422 g/mol. The summed E-state index contributed by atoms with van der Waals surface area (Å²) in [6, 6.07) is 6.22. The maximum atomic E-state index is 13.4. The van der Waals surface area contributed by atoms with Crippen LogP contribution in [0.15, 0.2) is 51.4 Å². The minimum absolute atomic E-state index is 0.0911. The van der Waals surface area contributed by atoms with Crippen molar-refractivity contribution in [1.29, 1.82) is 0 Å². The molecule has 3 aromatic rings. The third-order valence-electron chi connectivity index (χ3n) is 5.67. The minimum atomic E-state index is -1.12. The molecule has 0 radical (unpaired) electrons. The third kappa shape index (κ3) is 3.68. The fraction of sp³-hybridized carbons (Fsp3) is 0.320. The van der Waals surface area contributed by atoms with Gasteiger partial charge in [0.15, 0.2) is 0 Å². The summed E-state index contributed by atoms with van der Waals surface area (Å²) in [7, 11) is 0. The van der Waals surface area contributed by atoms with Gasteiger partial charge in [0.1, 0.15) is 40.6 Å². The standard InChI is InChI=1S/C25H26O6/c1-13(2)5-10-16-23-17(11-19(31-23)25(3,4)29)21(27)20-22(28)18(12-30-24(16)20)14-6-8-15(26)9-7-14/h5-9,12,19,26-27,29H,10-11H2,1-4H3/t19-/m0/s1. The average molecular weight is 422 g/mol. The van der Waals surface area contributed by atoms with E-state index < -0.39 is 11.7 Å². The molecular weight excluding hydrogens is 396 g/mol. The molecule has 6 heteroatoms. The Morgan fingerprint density at radius 2 is 1.87 bits per heavy atom. The first-order chi connectivity index (χ1) is 14.6. The van der Waals surface area contributed by atoms with Gasteiger partial charge in [-0.1, -0.05) is 23.8 Å². The predicted octanol–water partition coefficient (Wildman–Crippen LogP) is 4.45. The summed E-state index contributed by atoms with van der Waals surface area (Å²) in [6.07, 6.45) is 3.56. The Hall–Kier alpha value is -3.25. The number of aliphatic hydroxyl groups is 1. The highest BCUT2D eigenvalue weighted by Crippen LogP contribution is 2.46. The Morgan fingerprint density at radius 3 is 2.48 bits per heavy atom. The zero-order valence-corrected chi connectivity index (χ0v) is 18.0. The van der Waals surface area contributed by atoms with Crippen molar-refractivity contribution in [1.82, 2.24) is 0 Å². The van der Waals surface area contributed by atoms with E-state index in [0.717, 1.165) is 5.57 Å². The quantitative estimate of drug-likeness (QED) is 0.537. The molecule has 0 fully saturated rings. The lowest BCUT2D eigenvalue weighted by molar-refractivity contribution is -0.0232. The molecule has 6 nitrogen and oxygen atoms in total. The first kappa shape index (κ1) is 21.0. The second-order valence-electron chi connectivity index (χ2n) is 8.81. The van der Waals surface area contributed by atoms with Crippen molar-refractivity contribution in [2.24, 2.45) is 0 Å². The van der Waals surface area contributed by atoms with Crippen LogP contribution in [-0.4, -0.2) is 27.0 Å². The van der Waals surface area contributed by atoms with Gasteiger partial charge in [0.2, 0.25) is 5.43 Å². The van der Waals surface area contributed by atoms with Crippen molar-refractivity contribution in [2.45, 2.75) is 52.2 Å². The van der Waals surface area contributed by atoms with Crippen LogP contribution in [0.3, 0.4) is 0 Å². The Balaban J connectivity index is 1.99. The summed E-state index contributed by atoms with van der Waals surface area (Å²) in [5.74, 6) is 0.385.